The van der Waals surface area contributed by atoms with E-state index in [4.69, 9.17) is 9.47 Å². The maximum Gasteiger partial charge on any atom is 2.00 e. The normalized spacial score (nSPS) is 9.53. The second-order valence-electron chi connectivity index (χ2n) is 3.88. The van der Waals surface area contributed by atoms with Gasteiger partial charge in [0.2, 0.25) is 0 Å². The van der Waals surface area contributed by atoms with Gasteiger partial charge in [-0.25, -0.2) is 0 Å². The van der Waals surface area contributed by atoms with Crippen molar-refractivity contribution in [2.24, 2.45) is 0 Å². The van der Waals surface area contributed by atoms with E-state index in [1.807, 2.05) is 24.3 Å². The molecule has 0 aliphatic heterocycles. The van der Waals surface area contributed by atoms with Crippen molar-refractivity contribution in [3.8, 4) is 11.5 Å². The van der Waals surface area contributed by atoms with Crippen LogP contribution in [0, 0.1) is 0 Å². The quantitative estimate of drug-likeness (QED) is 0.513. The van der Waals surface area contributed by atoms with Crippen molar-refractivity contribution < 1.29 is 12.3 Å². The molecular weight excluding hydrogens is 224 g/mol. The summed E-state index contributed by atoms with van der Waals surface area (Å²) in [5, 5.41) is 0. The third-order valence-electron chi connectivity index (χ3n) is 2.36. The maximum absolute atomic E-state index is 5.57. The summed E-state index contributed by atoms with van der Waals surface area (Å²) in [4.78, 5) is 0. The average Bonchev–Trinajstić information content (AvgIpc) is 2.32. The zero-order chi connectivity index (χ0) is 11.6. The molecule has 0 amide bonds. The first-order valence-electron chi connectivity index (χ1n) is 6.22. The first-order chi connectivity index (χ1) is 7.86. The van der Waals surface area contributed by atoms with Crippen LogP contribution >= 0.6 is 0 Å². The van der Waals surface area contributed by atoms with Crippen LogP contribution in [0.1, 0.15) is 42.4 Å². The number of ether oxygens (including phenoxy) is 2. The molecule has 0 radical (unpaired) electrons. The van der Waals surface area contributed by atoms with Gasteiger partial charge in [0, 0.05) is 0 Å². The van der Waals surface area contributed by atoms with Crippen molar-refractivity contribution >= 4 is 23.1 Å². The molecule has 1 aromatic rings. The smallest absolute Gasteiger partial charge is 1.00 e. The zero-order valence-corrected chi connectivity index (χ0v) is 12.5. The molecule has 0 bridgehead atoms. The maximum atomic E-state index is 5.57. The van der Waals surface area contributed by atoms with Crippen molar-refractivity contribution in [3.05, 3.63) is 24.3 Å². The van der Waals surface area contributed by atoms with Crippen LogP contribution in [-0.2, 0) is 0 Å². The molecule has 0 saturated carbocycles. The molecule has 0 heterocycles. The second-order valence-corrected chi connectivity index (χ2v) is 3.88. The fourth-order valence-corrected chi connectivity index (χ4v) is 1.30. The van der Waals surface area contributed by atoms with E-state index in [-0.39, 0.29) is 25.9 Å². The summed E-state index contributed by atoms with van der Waals surface area (Å²) in [5.74, 6) is 1.85. The molecule has 0 atom stereocenters. The summed E-state index contributed by atoms with van der Waals surface area (Å²) in [6.45, 7) is 5.92. The number of benzene rings is 1. The summed E-state index contributed by atoms with van der Waals surface area (Å²) < 4.78 is 11.1. The first kappa shape index (κ1) is 16.6. The Bertz CT molecular complexity index is 252. The Morgan fingerprint density at radius 3 is 1.47 bits per heavy atom. The summed E-state index contributed by atoms with van der Waals surface area (Å²) >= 11 is 0. The van der Waals surface area contributed by atoms with E-state index in [1.54, 1.807) is 0 Å². The fraction of sp³-hybridized carbons (Fsp3) is 0.571. The van der Waals surface area contributed by atoms with Crippen molar-refractivity contribution in [1.29, 1.82) is 0 Å². The summed E-state index contributed by atoms with van der Waals surface area (Å²) in [6.07, 6.45) is 4.54. The van der Waals surface area contributed by atoms with E-state index in [0.717, 1.165) is 50.4 Å². The Morgan fingerprint density at radius 1 is 0.824 bits per heavy atom. The molecule has 2 nitrogen and oxygen atoms in total. The van der Waals surface area contributed by atoms with Crippen LogP contribution in [0.15, 0.2) is 24.3 Å². The van der Waals surface area contributed by atoms with Gasteiger partial charge in [-0.1, -0.05) is 26.7 Å². The van der Waals surface area contributed by atoms with Gasteiger partial charge in [0.15, 0.2) is 0 Å². The van der Waals surface area contributed by atoms with Gasteiger partial charge in [0.25, 0.3) is 0 Å². The third-order valence-corrected chi connectivity index (χ3v) is 2.36. The molecule has 1 rings (SSSR count). The number of hydrogen-bond donors (Lipinski definition) is 0. The van der Waals surface area contributed by atoms with Crippen molar-refractivity contribution in [1.82, 2.24) is 0 Å². The Hall–Kier alpha value is -0.414. The first-order valence-corrected chi connectivity index (χ1v) is 6.22. The van der Waals surface area contributed by atoms with Gasteiger partial charge < -0.3 is 12.3 Å². The minimum Gasteiger partial charge on any atom is -1.00 e. The third kappa shape index (κ3) is 7.50. The van der Waals surface area contributed by atoms with Crippen molar-refractivity contribution in [2.45, 2.75) is 39.5 Å². The van der Waals surface area contributed by atoms with Gasteiger partial charge in [-0.05, 0) is 37.1 Å². The molecule has 0 aliphatic carbocycles. The van der Waals surface area contributed by atoms with Gasteiger partial charge in [-0.2, -0.15) is 0 Å². The van der Waals surface area contributed by atoms with E-state index in [2.05, 4.69) is 13.8 Å². The largest absolute Gasteiger partial charge is 2.00 e. The van der Waals surface area contributed by atoms with E-state index in [0.29, 0.717) is 0 Å². The molecule has 94 valence electrons. The molecule has 0 N–H and O–H groups in total. The molecule has 0 aliphatic rings. The molecule has 0 spiro atoms. The Kier molecular flexibility index (Phi) is 10.5. The molecule has 3 heteroatoms. The predicted molar refractivity (Wildman–Crippen MR) is 75.2 cm³/mol. The summed E-state index contributed by atoms with van der Waals surface area (Å²) in [7, 11) is 0. The molecule has 17 heavy (non-hydrogen) atoms. The van der Waals surface area contributed by atoms with Crippen LogP contribution in [0.25, 0.3) is 0 Å². The predicted octanol–water partition coefficient (Wildman–Crippen LogP) is 3.89. The summed E-state index contributed by atoms with van der Waals surface area (Å²) in [6, 6.07) is 7.88. The van der Waals surface area contributed by atoms with Crippen LogP contribution in [0.4, 0.5) is 0 Å². The van der Waals surface area contributed by atoms with Gasteiger partial charge in [-0.3, -0.25) is 0 Å². The van der Waals surface area contributed by atoms with Crippen LogP contribution in [0.2, 0.25) is 0 Å². The van der Waals surface area contributed by atoms with E-state index in [1.165, 1.54) is 0 Å². The minimum absolute atomic E-state index is 0. The van der Waals surface area contributed by atoms with Gasteiger partial charge in [-0.15, -0.1) is 0 Å². The monoisotopic (exact) mass is 248 g/mol. The van der Waals surface area contributed by atoms with Gasteiger partial charge >= 0.3 is 23.1 Å². The zero-order valence-electron chi connectivity index (χ0n) is 13.1. The average molecular weight is 249 g/mol. The number of unbranched alkanes of at least 4 members (excludes halogenated alkanes) is 2. The van der Waals surface area contributed by atoms with Crippen LogP contribution < -0.4 is 9.47 Å². The molecule has 0 aromatic heterocycles. The van der Waals surface area contributed by atoms with Crippen LogP contribution in [-0.4, -0.2) is 36.3 Å². The molecular formula is C14H24MgO2. The molecule has 0 unspecified atom stereocenters. The Labute approximate surface area is 124 Å². The van der Waals surface area contributed by atoms with Gasteiger partial charge in [0.05, 0.1) is 13.2 Å². The Morgan fingerprint density at radius 2 is 1.18 bits per heavy atom. The SMILES string of the molecule is CCCCOc1ccc(OCCCC)cc1.[H-].[H-].[Mg+2]. The van der Waals surface area contributed by atoms with Crippen LogP contribution in [0.5, 0.6) is 11.5 Å². The van der Waals surface area contributed by atoms with Crippen LogP contribution in [0.3, 0.4) is 0 Å². The summed E-state index contributed by atoms with van der Waals surface area (Å²) in [5.41, 5.74) is 0. The standard InChI is InChI=1S/C14H22O2.Mg.2H/c1-3-5-11-15-13-7-9-14(10-8-13)16-12-6-4-2;;;/h7-10H,3-6,11-12H2,1-2H3;;;/q;+2;2*-1. The number of rotatable bonds is 8. The number of hydrogen-bond acceptors (Lipinski definition) is 2. The van der Waals surface area contributed by atoms with E-state index < -0.39 is 0 Å². The van der Waals surface area contributed by atoms with Crippen molar-refractivity contribution in [2.75, 3.05) is 13.2 Å². The van der Waals surface area contributed by atoms with Crippen molar-refractivity contribution in [3.63, 3.8) is 0 Å². The van der Waals surface area contributed by atoms with Gasteiger partial charge in [0.1, 0.15) is 11.5 Å². The molecule has 1 aromatic carbocycles. The molecule has 0 saturated heterocycles. The van der Waals surface area contributed by atoms with E-state index in [9.17, 15) is 0 Å². The van der Waals surface area contributed by atoms with E-state index >= 15 is 0 Å². The Balaban J connectivity index is -0.000000853. The molecule has 0 fully saturated rings. The minimum atomic E-state index is 0. The topological polar surface area (TPSA) is 18.5 Å². The second kappa shape index (κ2) is 10.7. The fourth-order valence-electron chi connectivity index (χ4n) is 1.30.